The molecule has 2 amide bonds. The maximum absolute atomic E-state index is 13.1. The van der Waals surface area contributed by atoms with Gasteiger partial charge >= 0.3 is 0 Å². The Morgan fingerprint density at radius 3 is 2.74 bits per heavy atom. The predicted octanol–water partition coefficient (Wildman–Crippen LogP) is 2.87. The summed E-state index contributed by atoms with van der Waals surface area (Å²) in [6, 6.07) is 15.1. The van der Waals surface area contributed by atoms with Crippen molar-refractivity contribution in [3.8, 4) is 5.75 Å². The van der Waals surface area contributed by atoms with E-state index in [9.17, 15) is 9.59 Å². The van der Waals surface area contributed by atoms with Gasteiger partial charge in [0.15, 0.2) is 5.69 Å². The van der Waals surface area contributed by atoms with Crippen molar-refractivity contribution >= 4 is 11.8 Å². The van der Waals surface area contributed by atoms with E-state index in [-0.39, 0.29) is 11.8 Å². The molecule has 4 rings (SSSR count). The fourth-order valence-electron chi connectivity index (χ4n) is 3.97. The van der Waals surface area contributed by atoms with Crippen molar-refractivity contribution in [1.29, 1.82) is 0 Å². The number of benzene rings is 2. The van der Waals surface area contributed by atoms with E-state index >= 15 is 0 Å². The van der Waals surface area contributed by atoms with Crippen LogP contribution in [0, 0.1) is 6.92 Å². The third kappa shape index (κ3) is 4.30. The van der Waals surface area contributed by atoms with Gasteiger partial charge in [-0.2, -0.15) is 5.10 Å². The van der Waals surface area contributed by atoms with Gasteiger partial charge in [-0.3, -0.25) is 14.3 Å². The number of nitrogens with one attached hydrogen (secondary N) is 1. The van der Waals surface area contributed by atoms with Gasteiger partial charge in [-0.15, -0.1) is 0 Å². The van der Waals surface area contributed by atoms with Gasteiger partial charge in [0.25, 0.3) is 11.8 Å². The van der Waals surface area contributed by atoms with Crippen LogP contribution in [0.15, 0.2) is 48.5 Å². The van der Waals surface area contributed by atoms with Gasteiger partial charge in [0.05, 0.1) is 13.7 Å². The molecule has 0 fully saturated rings. The zero-order valence-electron chi connectivity index (χ0n) is 18.0. The summed E-state index contributed by atoms with van der Waals surface area (Å²) in [5, 5.41) is 7.42. The molecule has 0 unspecified atom stereocenters. The number of methoxy groups -OCH3 is 1. The first-order chi connectivity index (χ1) is 15.0. The highest BCUT2D eigenvalue weighted by atomic mass is 16.5. The minimum atomic E-state index is -0.228. The Morgan fingerprint density at radius 1 is 1.16 bits per heavy atom. The zero-order chi connectivity index (χ0) is 22.0. The average Bonchev–Trinajstić information content (AvgIpc) is 3.13. The number of nitrogens with zero attached hydrogens (tertiary/aromatic N) is 3. The van der Waals surface area contributed by atoms with Gasteiger partial charge < -0.3 is 15.0 Å². The molecule has 0 saturated carbocycles. The van der Waals surface area contributed by atoms with Gasteiger partial charge in [0.1, 0.15) is 5.75 Å². The number of carbonyl (C=O) groups excluding carboxylic acids is 2. The Balaban J connectivity index is 1.52. The van der Waals surface area contributed by atoms with E-state index in [2.05, 4.69) is 10.4 Å². The Labute approximate surface area is 181 Å². The molecular weight excluding hydrogens is 392 g/mol. The third-order valence-electron chi connectivity index (χ3n) is 5.60. The Kier molecular flexibility index (Phi) is 5.75. The number of aryl methyl sites for hydroxylation is 2. The number of hydrogen-bond acceptors (Lipinski definition) is 4. The monoisotopic (exact) mass is 418 g/mol. The fraction of sp³-hybridized carbons (Fsp3) is 0.292. The number of amides is 2. The molecule has 0 bridgehead atoms. The van der Waals surface area contributed by atoms with Crippen LogP contribution in [0.2, 0.25) is 0 Å². The SMILES string of the molecule is COc1cccc(C(=O)N2CCc3c(c(C(=O)NCc4cccc(C)c4)nn3C)C2)c1. The van der Waals surface area contributed by atoms with Crippen molar-refractivity contribution in [2.45, 2.75) is 26.4 Å². The topological polar surface area (TPSA) is 76.5 Å². The molecule has 1 aromatic heterocycles. The van der Waals surface area contributed by atoms with Crippen LogP contribution in [0.3, 0.4) is 0 Å². The minimum absolute atomic E-state index is 0.0838. The van der Waals surface area contributed by atoms with Crippen molar-refractivity contribution in [2.75, 3.05) is 13.7 Å². The van der Waals surface area contributed by atoms with Crippen LogP contribution >= 0.6 is 0 Å². The summed E-state index contributed by atoms with van der Waals surface area (Å²) < 4.78 is 6.99. The molecule has 7 heteroatoms. The van der Waals surface area contributed by atoms with Gasteiger partial charge in [0.2, 0.25) is 0 Å². The molecule has 0 radical (unpaired) electrons. The van der Waals surface area contributed by atoms with Crippen molar-refractivity contribution < 1.29 is 14.3 Å². The summed E-state index contributed by atoms with van der Waals surface area (Å²) in [7, 11) is 3.42. The van der Waals surface area contributed by atoms with E-state index in [0.717, 1.165) is 22.4 Å². The second-order valence-electron chi connectivity index (χ2n) is 7.78. The quantitative estimate of drug-likeness (QED) is 0.691. The predicted molar refractivity (Wildman–Crippen MR) is 117 cm³/mol. The standard InChI is InChI=1S/C24H26N4O3/c1-16-6-4-7-17(12-16)14-25-23(29)22-20-15-28(11-10-21(20)27(2)26-22)24(30)18-8-5-9-19(13-18)31-3/h4-9,12-13H,10-11,14-15H2,1-3H3,(H,25,29). The van der Waals surface area contributed by atoms with Crippen LogP contribution in [-0.4, -0.2) is 40.1 Å². The Bertz CT molecular complexity index is 1140. The number of hydrogen-bond donors (Lipinski definition) is 1. The van der Waals surface area contributed by atoms with Crippen molar-refractivity contribution in [2.24, 2.45) is 7.05 Å². The lowest BCUT2D eigenvalue weighted by Crippen LogP contribution is -2.37. The highest BCUT2D eigenvalue weighted by Crippen LogP contribution is 2.24. The summed E-state index contributed by atoms with van der Waals surface area (Å²) in [4.78, 5) is 27.7. The number of carbonyl (C=O) groups is 2. The van der Waals surface area contributed by atoms with Crippen LogP contribution in [0.4, 0.5) is 0 Å². The second-order valence-corrected chi connectivity index (χ2v) is 7.78. The lowest BCUT2D eigenvalue weighted by molar-refractivity contribution is 0.0730. The van der Waals surface area contributed by atoms with Crippen LogP contribution in [0.5, 0.6) is 5.75 Å². The van der Waals surface area contributed by atoms with E-state index < -0.39 is 0 Å². The molecule has 0 saturated heterocycles. The number of aromatic nitrogens is 2. The maximum atomic E-state index is 13.1. The van der Waals surface area contributed by atoms with Gasteiger partial charge in [0, 0.05) is 43.4 Å². The maximum Gasteiger partial charge on any atom is 0.272 e. The van der Waals surface area contributed by atoms with E-state index in [4.69, 9.17) is 4.74 Å². The largest absolute Gasteiger partial charge is 0.497 e. The molecule has 2 heterocycles. The zero-order valence-corrected chi connectivity index (χ0v) is 18.0. The highest BCUT2D eigenvalue weighted by molar-refractivity contribution is 5.96. The van der Waals surface area contributed by atoms with Crippen LogP contribution in [-0.2, 0) is 26.6 Å². The van der Waals surface area contributed by atoms with E-state index in [1.165, 1.54) is 0 Å². The Morgan fingerprint density at radius 2 is 1.97 bits per heavy atom. The first-order valence-corrected chi connectivity index (χ1v) is 10.3. The second kappa shape index (κ2) is 8.63. The first kappa shape index (κ1) is 20.7. The fourth-order valence-corrected chi connectivity index (χ4v) is 3.97. The van der Waals surface area contributed by atoms with E-state index in [0.29, 0.717) is 43.1 Å². The summed E-state index contributed by atoms with van der Waals surface area (Å²) in [5.74, 6) is 0.328. The normalized spacial score (nSPS) is 12.9. The van der Waals surface area contributed by atoms with Gasteiger partial charge in [-0.1, -0.05) is 35.9 Å². The molecular formula is C24H26N4O3. The lowest BCUT2D eigenvalue weighted by Gasteiger charge is -2.27. The third-order valence-corrected chi connectivity index (χ3v) is 5.60. The summed E-state index contributed by atoms with van der Waals surface area (Å²) in [6.45, 7) is 3.38. The van der Waals surface area contributed by atoms with E-state index in [1.807, 2.05) is 44.3 Å². The highest BCUT2D eigenvalue weighted by Gasteiger charge is 2.29. The van der Waals surface area contributed by atoms with Crippen LogP contribution in [0.1, 0.15) is 43.2 Å². The molecule has 7 nitrogen and oxygen atoms in total. The molecule has 31 heavy (non-hydrogen) atoms. The van der Waals surface area contributed by atoms with E-state index in [1.54, 1.807) is 34.9 Å². The van der Waals surface area contributed by atoms with Crippen LogP contribution < -0.4 is 10.1 Å². The Hall–Kier alpha value is -3.61. The molecule has 1 aliphatic rings. The van der Waals surface area contributed by atoms with Crippen molar-refractivity contribution in [3.05, 3.63) is 82.2 Å². The van der Waals surface area contributed by atoms with Gasteiger partial charge in [-0.05, 0) is 30.7 Å². The molecule has 3 aromatic rings. The van der Waals surface area contributed by atoms with Crippen LogP contribution in [0.25, 0.3) is 0 Å². The summed E-state index contributed by atoms with van der Waals surface area (Å²) in [6.07, 6.45) is 0.652. The first-order valence-electron chi connectivity index (χ1n) is 10.3. The number of ether oxygens (including phenoxy) is 1. The molecule has 0 spiro atoms. The molecule has 0 aliphatic carbocycles. The average molecular weight is 418 g/mol. The van der Waals surface area contributed by atoms with Gasteiger partial charge in [-0.25, -0.2) is 0 Å². The van der Waals surface area contributed by atoms with Crippen molar-refractivity contribution in [3.63, 3.8) is 0 Å². The molecule has 0 atom stereocenters. The number of fused-ring (bicyclic) bond motifs is 1. The smallest absolute Gasteiger partial charge is 0.272 e. The molecule has 1 aliphatic heterocycles. The van der Waals surface area contributed by atoms with Crippen molar-refractivity contribution in [1.82, 2.24) is 20.0 Å². The minimum Gasteiger partial charge on any atom is -0.497 e. The lowest BCUT2D eigenvalue weighted by atomic mass is 10.0. The molecule has 2 aromatic carbocycles. The number of rotatable bonds is 5. The summed E-state index contributed by atoms with van der Waals surface area (Å²) in [5.41, 5.74) is 4.94. The molecule has 160 valence electrons. The summed E-state index contributed by atoms with van der Waals surface area (Å²) >= 11 is 0. The molecule has 1 N–H and O–H groups in total.